The Bertz CT molecular complexity index is 629. The van der Waals surface area contributed by atoms with Gasteiger partial charge in [-0.05, 0) is 38.8 Å². The normalized spacial score (nSPS) is 9.94. The molecule has 0 amide bonds. The number of pyridine rings is 1. The van der Waals surface area contributed by atoms with Crippen molar-refractivity contribution < 1.29 is 4.79 Å². The molecule has 0 spiro atoms. The SMILES string of the molecule is CC#Cc1cc(C(C)=O)cc2nnc(C)n12. The van der Waals surface area contributed by atoms with Crippen LogP contribution in [0.25, 0.3) is 5.65 Å². The number of Topliss-reactive ketones (excluding diaryl/α,β-unsaturated/α-hetero) is 1. The molecular formula is C12H11N3O. The van der Waals surface area contributed by atoms with E-state index in [2.05, 4.69) is 22.0 Å². The highest BCUT2D eigenvalue weighted by Crippen LogP contribution is 2.12. The second kappa shape index (κ2) is 3.78. The maximum atomic E-state index is 11.3. The minimum atomic E-state index is 0.00214. The van der Waals surface area contributed by atoms with Crippen LogP contribution in [0.5, 0.6) is 0 Å². The minimum absolute atomic E-state index is 0.00214. The molecule has 0 aliphatic carbocycles. The van der Waals surface area contributed by atoms with Crippen molar-refractivity contribution >= 4 is 11.4 Å². The summed E-state index contributed by atoms with van der Waals surface area (Å²) in [7, 11) is 0. The maximum Gasteiger partial charge on any atom is 0.162 e. The van der Waals surface area contributed by atoms with Crippen molar-refractivity contribution in [3.8, 4) is 11.8 Å². The number of carbonyl (C=O) groups is 1. The summed E-state index contributed by atoms with van der Waals surface area (Å²) in [6.07, 6.45) is 0. The number of hydrogen-bond acceptors (Lipinski definition) is 3. The minimum Gasteiger partial charge on any atom is -0.295 e. The number of ketones is 1. The third-order valence-electron chi connectivity index (χ3n) is 2.33. The van der Waals surface area contributed by atoms with Crippen LogP contribution in [0.1, 0.15) is 35.7 Å². The summed E-state index contributed by atoms with van der Waals surface area (Å²) >= 11 is 0. The van der Waals surface area contributed by atoms with Crippen LogP contribution in [0.2, 0.25) is 0 Å². The van der Waals surface area contributed by atoms with Crippen molar-refractivity contribution in [2.75, 3.05) is 0 Å². The lowest BCUT2D eigenvalue weighted by Gasteiger charge is -2.02. The van der Waals surface area contributed by atoms with Crippen molar-refractivity contribution in [2.24, 2.45) is 0 Å². The van der Waals surface area contributed by atoms with Crippen LogP contribution in [-0.4, -0.2) is 20.4 Å². The van der Waals surface area contributed by atoms with Gasteiger partial charge in [0.25, 0.3) is 0 Å². The first-order valence-corrected chi connectivity index (χ1v) is 4.93. The lowest BCUT2D eigenvalue weighted by molar-refractivity contribution is 0.101. The summed E-state index contributed by atoms with van der Waals surface area (Å²) < 4.78 is 1.84. The highest BCUT2D eigenvalue weighted by Gasteiger charge is 2.09. The van der Waals surface area contributed by atoms with E-state index in [-0.39, 0.29) is 5.78 Å². The van der Waals surface area contributed by atoms with Crippen LogP contribution in [0.4, 0.5) is 0 Å². The second-order valence-corrected chi connectivity index (χ2v) is 3.50. The Balaban J connectivity index is 2.84. The van der Waals surface area contributed by atoms with Gasteiger partial charge in [0.2, 0.25) is 0 Å². The number of aromatic nitrogens is 3. The molecule has 0 atom stereocenters. The molecule has 0 fully saturated rings. The van der Waals surface area contributed by atoms with Gasteiger partial charge in [-0.25, -0.2) is 0 Å². The number of rotatable bonds is 1. The largest absolute Gasteiger partial charge is 0.295 e. The van der Waals surface area contributed by atoms with Crippen molar-refractivity contribution in [3.05, 3.63) is 29.2 Å². The standard InChI is InChI=1S/C12H11N3O/c1-4-5-11-6-10(8(2)16)7-12-14-13-9(3)15(11)12/h6-7H,1-3H3. The van der Waals surface area contributed by atoms with E-state index in [0.717, 1.165) is 11.5 Å². The molecule has 0 saturated carbocycles. The molecule has 0 unspecified atom stereocenters. The Kier molecular flexibility index (Phi) is 2.45. The van der Waals surface area contributed by atoms with Crippen molar-refractivity contribution in [1.29, 1.82) is 0 Å². The molecule has 0 aliphatic heterocycles. The van der Waals surface area contributed by atoms with Gasteiger partial charge in [-0.3, -0.25) is 9.20 Å². The third-order valence-corrected chi connectivity index (χ3v) is 2.33. The summed E-state index contributed by atoms with van der Waals surface area (Å²) in [4.78, 5) is 11.3. The molecule has 4 nitrogen and oxygen atoms in total. The van der Waals surface area contributed by atoms with Crippen LogP contribution in [0.3, 0.4) is 0 Å². The zero-order valence-corrected chi connectivity index (χ0v) is 9.40. The van der Waals surface area contributed by atoms with E-state index in [1.165, 1.54) is 6.92 Å². The van der Waals surface area contributed by atoms with Gasteiger partial charge in [0.15, 0.2) is 11.4 Å². The molecule has 2 aromatic rings. The number of nitrogens with zero attached hydrogens (tertiary/aromatic N) is 3. The monoisotopic (exact) mass is 213 g/mol. The molecule has 80 valence electrons. The Labute approximate surface area is 93.3 Å². The molecule has 16 heavy (non-hydrogen) atoms. The number of fused-ring (bicyclic) bond motifs is 1. The molecule has 0 aromatic carbocycles. The van der Waals surface area contributed by atoms with E-state index >= 15 is 0 Å². The Morgan fingerprint density at radius 1 is 1.38 bits per heavy atom. The topological polar surface area (TPSA) is 47.3 Å². The highest BCUT2D eigenvalue weighted by molar-refractivity contribution is 5.95. The fourth-order valence-corrected chi connectivity index (χ4v) is 1.59. The molecule has 4 heteroatoms. The molecule has 0 radical (unpaired) electrons. The van der Waals surface area contributed by atoms with Gasteiger partial charge in [0, 0.05) is 5.56 Å². The molecule has 2 heterocycles. The van der Waals surface area contributed by atoms with E-state index in [1.54, 1.807) is 19.1 Å². The average molecular weight is 213 g/mol. The lowest BCUT2D eigenvalue weighted by atomic mass is 10.1. The number of aryl methyl sites for hydroxylation is 1. The average Bonchev–Trinajstić information content (AvgIpc) is 2.61. The molecule has 0 saturated heterocycles. The zero-order chi connectivity index (χ0) is 11.7. The molecular weight excluding hydrogens is 202 g/mol. The van der Waals surface area contributed by atoms with E-state index in [1.807, 2.05) is 11.3 Å². The Morgan fingerprint density at radius 3 is 2.75 bits per heavy atom. The van der Waals surface area contributed by atoms with E-state index in [9.17, 15) is 4.79 Å². The van der Waals surface area contributed by atoms with Crippen LogP contribution < -0.4 is 0 Å². The fraction of sp³-hybridized carbons (Fsp3) is 0.250. The lowest BCUT2D eigenvalue weighted by Crippen LogP contribution is -2.00. The highest BCUT2D eigenvalue weighted by atomic mass is 16.1. The quantitative estimate of drug-likeness (QED) is 0.534. The van der Waals surface area contributed by atoms with Gasteiger partial charge >= 0.3 is 0 Å². The van der Waals surface area contributed by atoms with Crippen LogP contribution in [0, 0.1) is 18.8 Å². The molecule has 0 aliphatic rings. The molecule has 2 rings (SSSR count). The van der Waals surface area contributed by atoms with Crippen LogP contribution in [0.15, 0.2) is 12.1 Å². The summed E-state index contributed by atoms with van der Waals surface area (Å²) in [5.41, 5.74) is 2.01. The van der Waals surface area contributed by atoms with Gasteiger partial charge < -0.3 is 0 Å². The number of hydrogen-bond donors (Lipinski definition) is 0. The Hall–Kier alpha value is -2.15. The number of carbonyl (C=O) groups excluding carboxylic acids is 1. The fourth-order valence-electron chi connectivity index (χ4n) is 1.59. The first kappa shape index (κ1) is 10.4. The van der Waals surface area contributed by atoms with Crippen molar-refractivity contribution in [2.45, 2.75) is 20.8 Å². The predicted molar refractivity (Wildman–Crippen MR) is 60.3 cm³/mol. The van der Waals surface area contributed by atoms with Crippen molar-refractivity contribution in [1.82, 2.24) is 14.6 Å². The van der Waals surface area contributed by atoms with E-state index in [0.29, 0.717) is 11.2 Å². The molecule has 0 bridgehead atoms. The summed E-state index contributed by atoms with van der Waals surface area (Å²) in [6, 6.07) is 3.49. The summed E-state index contributed by atoms with van der Waals surface area (Å²) in [6.45, 7) is 5.14. The van der Waals surface area contributed by atoms with Gasteiger partial charge in [-0.2, -0.15) is 0 Å². The zero-order valence-electron chi connectivity index (χ0n) is 9.40. The van der Waals surface area contributed by atoms with Gasteiger partial charge in [-0.15, -0.1) is 10.2 Å². The van der Waals surface area contributed by atoms with Crippen molar-refractivity contribution in [3.63, 3.8) is 0 Å². The van der Waals surface area contributed by atoms with Gasteiger partial charge in [0.05, 0.1) is 0 Å². The second-order valence-electron chi connectivity index (χ2n) is 3.50. The smallest absolute Gasteiger partial charge is 0.162 e. The summed E-state index contributed by atoms with van der Waals surface area (Å²) in [5, 5.41) is 7.97. The molecule has 2 aromatic heterocycles. The van der Waals surface area contributed by atoms with Crippen LogP contribution in [-0.2, 0) is 0 Å². The van der Waals surface area contributed by atoms with E-state index in [4.69, 9.17) is 0 Å². The van der Waals surface area contributed by atoms with Gasteiger partial charge in [-0.1, -0.05) is 5.92 Å². The molecule has 0 N–H and O–H groups in total. The predicted octanol–water partition coefficient (Wildman–Crippen LogP) is 1.61. The first-order valence-electron chi connectivity index (χ1n) is 4.93. The van der Waals surface area contributed by atoms with Gasteiger partial charge in [0.1, 0.15) is 11.5 Å². The van der Waals surface area contributed by atoms with Crippen LogP contribution >= 0.6 is 0 Å². The maximum absolute atomic E-state index is 11.3. The Morgan fingerprint density at radius 2 is 2.12 bits per heavy atom. The summed E-state index contributed by atoms with van der Waals surface area (Å²) in [5.74, 6) is 6.54. The first-order chi connectivity index (χ1) is 7.63. The third kappa shape index (κ3) is 1.57. The van der Waals surface area contributed by atoms with E-state index < -0.39 is 0 Å².